The number of carbonyl (C=O) groups is 1. The van der Waals surface area contributed by atoms with Crippen LogP contribution in [0.3, 0.4) is 0 Å². The topological polar surface area (TPSA) is 81.7 Å². The first-order chi connectivity index (χ1) is 12.4. The molecule has 0 radical (unpaired) electrons. The van der Waals surface area contributed by atoms with Gasteiger partial charge < -0.3 is 9.47 Å². The van der Waals surface area contributed by atoms with Crippen LogP contribution in [-0.4, -0.2) is 27.4 Å². The van der Waals surface area contributed by atoms with Crippen LogP contribution in [0.4, 0.5) is 5.69 Å². The van der Waals surface area contributed by atoms with Crippen molar-refractivity contribution < 1.29 is 22.7 Å². The molecule has 6 nitrogen and oxygen atoms in total. The van der Waals surface area contributed by atoms with Gasteiger partial charge in [-0.25, -0.2) is 8.42 Å². The van der Waals surface area contributed by atoms with Gasteiger partial charge in [0, 0.05) is 17.5 Å². The number of hydrogen-bond acceptors (Lipinski definition) is 5. The molecule has 1 heterocycles. The average Bonchev–Trinajstić information content (AvgIpc) is 3.46. The third-order valence-electron chi connectivity index (χ3n) is 4.47. The van der Waals surface area contributed by atoms with Gasteiger partial charge in [0.25, 0.3) is 10.0 Å². The summed E-state index contributed by atoms with van der Waals surface area (Å²) in [4.78, 5) is 12.8. The molecule has 26 heavy (non-hydrogen) atoms. The van der Waals surface area contributed by atoms with Crippen molar-refractivity contribution in [2.45, 2.75) is 24.7 Å². The monoisotopic (exact) mass is 373 g/mol. The van der Waals surface area contributed by atoms with Gasteiger partial charge in [-0.3, -0.25) is 9.52 Å². The summed E-state index contributed by atoms with van der Waals surface area (Å²) >= 11 is 0. The number of fused-ring (bicyclic) bond motifs is 1. The van der Waals surface area contributed by atoms with E-state index < -0.39 is 10.0 Å². The molecule has 0 amide bonds. The molecule has 1 N–H and O–H groups in total. The van der Waals surface area contributed by atoms with E-state index in [-0.39, 0.29) is 22.3 Å². The number of aryl methyl sites for hydroxylation is 1. The molecule has 1 aliphatic heterocycles. The fourth-order valence-electron chi connectivity index (χ4n) is 2.86. The van der Waals surface area contributed by atoms with Crippen LogP contribution in [0.15, 0.2) is 41.3 Å². The zero-order valence-corrected chi connectivity index (χ0v) is 15.1. The predicted molar refractivity (Wildman–Crippen MR) is 96.5 cm³/mol. The highest BCUT2D eigenvalue weighted by Crippen LogP contribution is 2.40. The number of carbonyl (C=O) groups excluding carboxylic acids is 1. The minimum Gasteiger partial charge on any atom is -0.486 e. The molecule has 1 saturated carbocycles. The second kappa shape index (κ2) is 6.32. The molecule has 2 aliphatic rings. The molecule has 1 fully saturated rings. The van der Waals surface area contributed by atoms with E-state index in [2.05, 4.69) is 4.72 Å². The molecule has 1 aliphatic carbocycles. The summed E-state index contributed by atoms with van der Waals surface area (Å²) in [5.74, 6) is 0.799. The normalized spacial score (nSPS) is 16.2. The highest BCUT2D eigenvalue weighted by molar-refractivity contribution is 7.92. The Balaban J connectivity index is 1.74. The maximum atomic E-state index is 12.7. The van der Waals surface area contributed by atoms with Crippen LogP contribution >= 0.6 is 0 Å². The van der Waals surface area contributed by atoms with Crippen molar-refractivity contribution in [3.63, 3.8) is 0 Å². The first kappa shape index (κ1) is 16.9. The summed E-state index contributed by atoms with van der Waals surface area (Å²) in [6.45, 7) is 2.67. The lowest BCUT2D eigenvalue weighted by Gasteiger charge is -2.21. The highest BCUT2D eigenvalue weighted by atomic mass is 32.2. The summed E-state index contributed by atoms with van der Waals surface area (Å²) < 4.78 is 39.1. The number of benzene rings is 2. The molecule has 0 saturated heterocycles. The van der Waals surface area contributed by atoms with E-state index in [0.717, 1.165) is 18.4 Å². The zero-order valence-electron chi connectivity index (χ0n) is 14.3. The van der Waals surface area contributed by atoms with Crippen molar-refractivity contribution >= 4 is 21.5 Å². The minimum atomic E-state index is -3.82. The van der Waals surface area contributed by atoms with Crippen molar-refractivity contribution in [3.8, 4) is 11.5 Å². The molecule has 7 heteroatoms. The summed E-state index contributed by atoms with van der Waals surface area (Å²) in [7, 11) is -3.82. The van der Waals surface area contributed by atoms with Crippen molar-refractivity contribution in [3.05, 3.63) is 47.5 Å². The molecule has 2 aromatic rings. The van der Waals surface area contributed by atoms with Gasteiger partial charge in [-0.05, 0) is 38.0 Å². The van der Waals surface area contributed by atoms with Gasteiger partial charge in [-0.15, -0.1) is 0 Å². The van der Waals surface area contributed by atoms with Gasteiger partial charge >= 0.3 is 0 Å². The number of sulfonamides is 1. The zero-order chi connectivity index (χ0) is 18.3. The smallest absolute Gasteiger partial charge is 0.261 e. The number of anilines is 1. The number of hydrogen-bond donors (Lipinski definition) is 1. The predicted octanol–water partition coefficient (Wildman–Crippen LogP) is 3.16. The van der Waals surface area contributed by atoms with Gasteiger partial charge in [0.15, 0.2) is 17.3 Å². The van der Waals surface area contributed by atoms with Gasteiger partial charge in [0.05, 0.1) is 10.6 Å². The van der Waals surface area contributed by atoms with Crippen LogP contribution in [0.2, 0.25) is 0 Å². The first-order valence-electron chi connectivity index (χ1n) is 8.51. The van der Waals surface area contributed by atoms with Crippen molar-refractivity contribution in [2.75, 3.05) is 17.9 Å². The average molecular weight is 373 g/mol. The van der Waals surface area contributed by atoms with E-state index >= 15 is 0 Å². The number of nitrogens with one attached hydrogen (secondary N) is 1. The van der Waals surface area contributed by atoms with Gasteiger partial charge in [0.2, 0.25) is 0 Å². The Morgan fingerprint density at radius 3 is 2.27 bits per heavy atom. The Bertz CT molecular complexity index is 962. The Kier molecular flexibility index (Phi) is 4.11. The Morgan fingerprint density at radius 2 is 1.65 bits per heavy atom. The number of rotatable bonds is 5. The minimum absolute atomic E-state index is 0.0415. The molecule has 0 unspecified atom stereocenters. The van der Waals surface area contributed by atoms with Gasteiger partial charge in [0.1, 0.15) is 13.2 Å². The Labute approximate surface area is 152 Å². The van der Waals surface area contributed by atoms with Crippen molar-refractivity contribution in [1.82, 2.24) is 0 Å². The third-order valence-corrected chi connectivity index (χ3v) is 5.85. The summed E-state index contributed by atoms with van der Waals surface area (Å²) in [6, 6.07) is 9.66. The second-order valence-corrected chi connectivity index (χ2v) is 8.28. The molecule has 0 aromatic heterocycles. The molecule has 136 valence electrons. The number of Topliss-reactive ketones (excluding diaryl/α,β-unsaturated/α-hetero) is 1. The van der Waals surface area contributed by atoms with E-state index in [1.165, 1.54) is 18.2 Å². The number of ether oxygens (including phenoxy) is 2. The summed E-state index contributed by atoms with van der Waals surface area (Å²) in [6.07, 6.45) is 1.66. The van der Waals surface area contributed by atoms with E-state index in [1.54, 1.807) is 18.2 Å². The van der Waals surface area contributed by atoms with Crippen molar-refractivity contribution in [1.29, 1.82) is 0 Å². The maximum Gasteiger partial charge on any atom is 0.261 e. The molecule has 0 atom stereocenters. The van der Waals surface area contributed by atoms with Crippen molar-refractivity contribution in [2.24, 2.45) is 5.92 Å². The molecular weight excluding hydrogens is 354 g/mol. The maximum absolute atomic E-state index is 12.7. The van der Waals surface area contributed by atoms with E-state index in [9.17, 15) is 13.2 Å². The van der Waals surface area contributed by atoms with E-state index in [1.807, 2.05) is 6.92 Å². The van der Waals surface area contributed by atoms with E-state index in [4.69, 9.17) is 9.47 Å². The SMILES string of the molecule is Cc1ccc(S(=O)(=O)Nc2cc3c(cc2C(=O)C2CC2)OCCO3)cc1. The lowest BCUT2D eigenvalue weighted by molar-refractivity contribution is 0.0967. The summed E-state index contributed by atoms with van der Waals surface area (Å²) in [5, 5.41) is 0. The van der Waals surface area contributed by atoms with Crippen LogP contribution in [0, 0.1) is 12.8 Å². The lowest BCUT2D eigenvalue weighted by Crippen LogP contribution is -2.19. The van der Waals surface area contributed by atoms with Gasteiger partial charge in [-0.2, -0.15) is 0 Å². The number of ketones is 1. The fourth-order valence-corrected chi connectivity index (χ4v) is 3.93. The van der Waals surface area contributed by atoms with Crippen LogP contribution in [-0.2, 0) is 10.0 Å². The standard InChI is InChI=1S/C19H19NO5S/c1-12-2-6-14(7-3-12)26(22,23)20-16-11-18-17(24-8-9-25-18)10-15(16)19(21)13-4-5-13/h2-3,6-7,10-11,13,20H,4-5,8-9H2,1H3. The molecule has 4 rings (SSSR count). The Morgan fingerprint density at radius 1 is 1.04 bits per heavy atom. The van der Waals surface area contributed by atoms with E-state index in [0.29, 0.717) is 30.3 Å². The largest absolute Gasteiger partial charge is 0.486 e. The third kappa shape index (κ3) is 3.26. The fraction of sp³-hybridized carbons (Fsp3) is 0.316. The van der Waals surface area contributed by atoms with Crippen LogP contribution in [0.5, 0.6) is 11.5 Å². The summed E-state index contributed by atoms with van der Waals surface area (Å²) in [5.41, 5.74) is 1.52. The molecule has 0 bridgehead atoms. The van der Waals surface area contributed by atoms with Crippen LogP contribution < -0.4 is 14.2 Å². The van der Waals surface area contributed by atoms with Crippen LogP contribution in [0.25, 0.3) is 0 Å². The van der Waals surface area contributed by atoms with Crippen LogP contribution in [0.1, 0.15) is 28.8 Å². The lowest BCUT2D eigenvalue weighted by atomic mass is 10.0. The Hall–Kier alpha value is -2.54. The quantitative estimate of drug-likeness (QED) is 0.814. The molecule has 2 aromatic carbocycles. The second-order valence-electron chi connectivity index (χ2n) is 6.60. The highest BCUT2D eigenvalue weighted by Gasteiger charge is 2.33. The first-order valence-corrected chi connectivity index (χ1v) is 10.00. The van der Waals surface area contributed by atoms with Gasteiger partial charge in [-0.1, -0.05) is 17.7 Å². The molecular formula is C19H19NO5S. The molecule has 0 spiro atoms.